The van der Waals surface area contributed by atoms with Crippen molar-refractivity contribution < 1.29 is 13.9 Å². The molecule has 1 heterocycles. The Morgan fingerprint density at radius 3 is 2.67 bits per heavy atom. The van der Waals surface area contributed by atoms with E-state index in [1.807, 2.05) is 26.2 Å². The lowest BCUT2D eigenvalue weighted by atomic mass is 10.1. The lowest BCUT2D eigenvalue weighted by Gasteiger charge is -2.10. The molecule has 1 amide bonds. The van der Waals surface area contributed by atoms with Crippen molar-refractivity contribution in [2.24, 2.45) is 0 Å². The second kappa shape index (κ2) is 12.8. The Bertz CT molecular complexity index is 1040. The lowest BCUT2D eigenvalue weighted by Crippen LogP contribution is -2.27. The van der Waals surface area contributed by atoms with Crippen LogP contribution in [0.25, 0.3) is 11.5 Å². The van der Waals surface area contributed by atoms with Gasteiger partial charge in [0.05, 0.1) is 17.4 Å². The summed E-state index contributed by atoms with van der Waals surface area (Å²) in [6, 6.07) is 12.3. The van der Waals surface area contributed by atoms with Crippen molar-refractivity contribution in [2.45, 2.75) is 12.2 Å². The number of nitrogens with zero attached hydrogens (tertiary/aromatic N) is 3. The van der Waals surface area contributed by atoms with Gasteiger partial charge >= 0.3 is 0 Å². The van der Waals surface area contributed by atoms with Crippen LogP contribution in [0.1, 0.15) is 22.7 Å². The van der Waals surface area contributed by atoms with E-state index in [0.29, 0.717) is 52.0 Å². The van der Waals surface area contributed by atoms with Crippen molar-refractivity contribution in [1.82, 2.24) is 20.4 Å². The summed E-state index contributed by atoms with van der Waals surface area (Å²) >= 11 is 13.6. The van der Waals surface area contributed by atoms with Crippen molar-refractivity contribution in [3.8, 4) is 17.2 Å². The largest absolute Gasteiger partial charge is 0.491 e. The third-order valence-electron chi connectivity index (χ3n) is 4.53. The maximum absolute atomic E-state index is 12.2. The van der Waals surface area contributed by atoms with Crippen molar-refractivity contribution >= 4 is 40.9 Å². The number of benzene rings is 2. The maximum atomic E-state index is 12.2. The van der Waals surface area contributed by atoms with Crippen molar-refractivity contribution in [3.63, 3.8) is 0 Å². The molecule has 0 saturated carbocycles. The Kier molecular flexibility index (Phi) is 9.87. The van der Waals surface area contributed by atoms with E-state index < -0.39 is 0 Å². The Hall–Kier alpha value is -2.26. The van der Waals surface area contributed by atoms with Gasteiger partial charge in [0.2, 0.25) is 11.8 Å². The Morgan fingerprint density at radius 1 is 1.15 bits per heavy atom. The van der Waals surface area contributed by atoms with Gasteiger partial charge in [-0.1, -0.05) is 23.2 Å². The van der Waals surface area contributed by atoms with Crippen molar-refractivity contribution in [2.75, 3.05) is 39.5 Å². The van der Waals surface area contributed by atoms with Gasteiger partial charge in [-0.25, -0.2) is 0 Å². The van der Waals surface area contributed by atoms with Gasteiger partial charge in [-0.15, -0.1) is 22.0 Å². The van der Waals surface area contributed by atoms with E-state index in [-0.39, 0.29) is 5.91 Å². The predicted molar refractivity (Wildman–Crippen MR) is 133 cm³/mol. The number of amides is 1. The minimum atomic E-state index is -0.0926. The minimum absolute atomic E-state index is 0.0926. The molecule has 0 aliphatic rings. The third-order valence-corrected chi connectivity index (χ3v) is 5.97. The van der Waals surface area contributed by atoms with E-state index in [2.05, 4.69) is 20.4 Å². The van der Waals surface area contributed by atoms with Crippen LogP contribution in [0.5, 0.6) is 5.75 Å². The number of hydrogen-bond donors (Lipinski definition) is 1. The second-order valence-corrected chi connectivity index (χ2v) is 9.42. The Balaban J connectivity index is 1.41. The highest BCUT2D eigenvalue weighted by molar-refractivity contribution is 7.98. The zero-order chi connectivity index (χ0) is 23.6. The van der Waals surface area contributed by atoms with E-state index >= 15 is 0 Å². The van der Waals surface area contributed by atoms with E-state index in [9.17, 15) is 4.79 Å². The van der Waals surface area contributed by atoms with Crippen molar-refractivity contribution in [3.05, 3.63) is 64.0 Å². The van der Waals surface area contributed by atoms with Gasteiger partial charge in [0, 0.05) is 28.4 Å². The Labute approximate surface area is 207 Å². The molecule has 0 radical (unpaired) electrons. The molecule has 2 aromatic carbocycles. The van der Waals surface area contributed by atoms with Gasteiger partial charge in [-0.2, -0.15) is 0 Å². The molecule has 10 heteroatoms. The topological polar surface area (TPSA) is 80.5 Å². The number of halogens is 2. The molecule has 1 N–H and O–H groups in total. The van der Waals surface area contributed by atoms with Crippen LogP contribution in [0.15, 0.2) is 46.9 Å². The first-order chi connectivity index (χ1) is 15.9. The predicted octanol–water partition coefficient (Wildman–Crippen LogP) is 5.04. The fourth-order valence-electron chi connectivity index (χ4n) is 2.85. The van der Waals surface area contributed by atoms with E-state index in [0.717, 1.165) is 24.3 Å². The molecule has 7 nitrogen and oxygen atoms in total. The molecule has 0 aliphatic heterocycles. The van der Waals surface area contributed by atoms with E-state index in [4.69, 9.17) is 32.4 Å². The molecule has 0 saturated heterocycles. The summed E-state index contributed by atoms with van der Waals surface area (Å²) in [6.07, 6.45) is 0.903. The first kappa shape index (κ1) is 25.4. The molecular formula is C23H26Cl2N4O3S. The molecular weight excluding hydrogens is 483 g/mol. The average molecular weight is 509 g/mol. The monoisotopic (exact) mass is 508 g/mol. The van der Waals surface area contributed by atoms with Crippen LogP contribution < -0.4 is 10.1 Å². The van der Waals surface area contributed by atoms with Crippen LogP contribution in [0.3, 0.4) is 0 Å². The quantitative estimate of drug-likeness (QED) is 0.343. The maximum Gasteiger partial charge on any atom is 0.251 e. The SMILES string of the molecule is CN(C)CCCNC(=O)c1ccc(-c2nnc(CSCCOc3ccc(Cl)cc3Cl)o2)cc1. The number of carbonyl (C=O) groups excluding carboxylic acids is 1. The van der Waals surface area contributed by atoms with Gasteiger partial charge in [-0.05, 0) is 69.5 Å². The molecule has 0 aliphatic carbocycles. The molecule has 0 atom stereocenters. The molecule has 0 spiro atoms. The van der Waals surface area contributed by atoms with E-state index in [1.165, 1.54) is 0 Å². The molecule has 1 aromatic heterocycles. The molecule has 3 aromatic rings. The molecule has 0 bridgehead atoms. The Morgan fingerprint density at radius 2 is 1.94 bits per heavy atom. The molecule has 176 valence electrons. The summed E-state index contributed by atoms with van der Waals surface area (Å²) < 4.78 is 11.4. The standard InChI is InChI=1S/C23H26Cl2N4O3S/c1-29(2)11-3-10-26-22(30)16-4-6-17(7-5-16)23-28-27-21(32-23)15-33-13-12-31-20-9-8-18(24)14-19(20)25/h4-9,14H,3,10-13,15H2,1-2H3,(H,26,30). The number of hydrogen-bond acceptors (Lipinski definition) is 7. The molecule has 3 rings (SSSR count). The normalized spacial score (nSPS) is 11.1. The fraction of sp³-hybridized carbons (Fsp3) is 0.348. The van der Waals surface area contributed by atoms with Gasteiger partial charge in [0.15, 0.2) is 0 Å². The molecule has 0 fully saturated rings. The summed E-state index contributed by atoms with van der Waals surface area (Å²) in [6.45, 7) is 2.06. The summed E-state index contributed by atoms with van der Waals surface area (Å²) in [5, 5.41) is 12.2. The third kappa shape index (κ3) is 8.23. The van der Waals surface area contributed by atoms with Crippen LogP contribution in [0, 0.1) is 0 Å². The fourth-order valence-corrected chi connectivity index (χ4v) is 3.95. The van der Waals surface area contributed by atoms with Crippen LogP contribution >= 0.6 is 35.0 Å². The number of nitrogens with one attached hydrogen (secondary N) is 1. The lowest BCUT2D eigenvalue weighted by molar-refractivity contribution is 0.0952. The van der Waals surface area contributed by atoms with E-state index in [1.54, 1.807) is 42.1 Å². The number of ether oxygens (including phenoxy) is 1. The minimum Gasteiger partial charge on any atom is -0.491 e. The van der Waals surface area contributed by atoms with Crippen LogP contribution in [-0.2, 0) is 5.75 Å². The van der Waals surface area contributed by atoms with Gasteiger partial charge in [0.1, 0.15) is 5.75 Å². The van der Waals surface area contributed by atoms with Crippen LogP contribution in [0.2, 0.25) is 10.0 Å². The smallest absolute Gasteiger partial charge is 0.251 e. The number of aromatic nitrogens is 2. The highest BCUT2D eigenvalue weighted by Gasteiger charge is 2.11. The van der Waals surface area contributed by atoms with Crippen molar-refractivity contribution in [1.29, 1.82) is 0 Å². The zero-order valence-corrected chi connectivity index (χ0v) is 20.8. The summed E-state index contributed by atoms with van der Waals surface area (Å²) in [7, 11) is 4.02. The highest BCUT2D eigenvalue weighted by Crippen LogP contribution is 2.27. The summed E-state index contributed by atoms with van der Waals surface area (Å²) in [5.41, 5.74) is 1.36. The second-order valence-electron chi connectivity index (χ2n) is 7.47. The highest BCUT2D eigenvalue weighted by atomic mass is 35.5. The molecule has 33 heavy (non-hydrogen) atoms. The number of rotatable bonds is 12. The van der Waals surface area contributed by atoms with Gasteiger partial charge in [0.25, 0.3) is 5.91 Å². The van der Waals surface area contributed by atoms with Crippen LogP contribution in [0.4, 0.5) is 0 Å². The first-order valence-corrected chi connectivity index (χ1v) is 12.3. The average Bonchev–Trinajstić information content (AvgIpc) is 3.26. The number of carbonyl (C=O) groups is 1. The summed E-state index contributed by atoms with van der Waals surface area (Å²) in [4.78, 5) is 14.3. The first-order valence-electron chi connectivity index (χ1n) is 10.4. The zero-order valence-electron chi connectivity index (χ0n) is 18.5. The summed E-state index contributed by atoms with van der Waals surface area (Å²) in [5.74, 6) is 2.76. The van der Waals surface area contributed by atoms with Gasteiger partial charge in [-0.3, -0.25) is 4.79 Å². The molecule has 0 unspecified atom stereocenters. The van der Waals surface area contributed by atoms with Crippen LogP contribution in [-0.4, -0.2) is 60.5 Å². The van der Waals surface area contributed by atoms with Gasteiger partial charge < -0.3 is 19.4 Å². The number of thioether (sulfide) groups is 1.